The van der Waals surface area contributed by atoms with Crippen LogP contribution in [0.3, 0.4) is 0 Å². The van der Waals surface area contributed by atoms with Crippen LogP contribution in [0.25, 0.3) is 0 Å². The van der Waals surface area contributed by atoms with E-state index in [0.29, 0.717) is 24.4 Å². The minimum absolute atomic E-state index is 0.377. The van der Waals surface area contributed by atoms with Crippen molar-refractivity contribution in [1.29, 1.82) is 0 Å². The number of nitrogens with one attached hydrogen (secondary N) is 1. The lowest BCUT2D eigenvalue weighted by Crippen LogP contribution is -2.47. The monoisotopic (exact) mass is 293 g/mol. The fraction of sp³-hybridized carbons (Fsp3) is 0.941. The van der Waals surface area contributed by atoms with E-state index >= 15 is 0 Å². The maximum Gasteiger partial charge on any atom is 0.236 e. The largest absolute Gasteiger partial charge is 0.341 e. The van der Waals surface area contributed by atoms with Crippen LogP contribution in [0.2, 0.25) is 0 Å². The molecule has 2 aliphatic heterocycles. The van der Waals surface area contributed by atoms with E-state index in [9.17, 15) is 4.79 Å². The number of hydrogen-bond acceptors (Lipinski definition) is 3. The van der Waals surface area contributed by atoms with Gasteiger partial charge in [0.05, 0.1) is 6.54 Å². The van der Waals surface area contributed by atoms with Crippen LogP contribution < -0.4 is 5.32 Å². The van der Waals surface area contributed by atoms with Crippen molar-refractivity contribution in [3.63, 3.8) is 0 Å². The Morgan fingerprint density at radius 2 is 1.95 bits per heavy atom. The Bertz CT molecular complexity index is 350. The summed E-state index contributed by atoms with van der Waals surface area (Å²) in [6.45, 7) is 8.34. The summed E-state index contributed by atoms with van der Waals surface area (Å²) in [6.07, 6.45) is 7.62. The van der Waals surface area contributed by atoms with Crippen LogP contribution in [0, 0.1) is 11.8 Å². The first-order valence-corrected chi connectivity index (χ1v) is 8.95. The summed E-state index contributed by atoms with van der Waals surface area (Å²) in [5.74, 6) is 1.85. The molecule has 1 amide bonds. The summed E-state index contributed by atoms with van der Waals surface area (Å²) in [5.41, 5.74) is 0. The Balaban J connectivity index is 1.50. The number of hydrogen-bond donors (Lipinski definition) is 1. The third-order valence-electron chi connectivity index (χ3n) is 5.36. The van der Waals surface area contributed by atoms with Gasteiger partial charge in [-0.2, -0.15) is 0 Å². The zero-order valence-corrected chi connectivity index (χ0v) is 13.5. The molecule has 1 atom stereocenters. The summed E-state index contributed by atoms with van der Waals surface area (Å²) in [7, 11) is 0. The van der Waals surface area contributed by atoms with Crippen molar-refractivity contribution in [2.75, 3.05) is 39.3 Å². The van der Waals surface area contributed by atoms with E-state index < -0.39 is 0 Å². The highest BCUT2D eigenvalue weighted by atomic mass is 16.2. The maximum absolute atomic E-state index is 12.6. The zero-order valence-electron chi connectivity index (χ0n) is 13.5. The van der Waals surface area contributed by atoms with Crippen LogP contribution in [-0.2, 0) is 4.79 Å². The van der Waals surface area contributed by atoms with Crippen molar-refractivity contribution >= 4 is 5.91 Å². The van der Waals surface area contributed by atoms with Crippen molar-refractivity contribution in [3.05, 3.63) is 0 Å². The van der Waals surface area contributed by atoms with Crippen molar-refractivity contribution < 1.29 is 4.79 Å². The topological polar surface area (TPSA) is 35.6 Å². The molecule has 0 spiro atoms. The standard InChI is InChI=1S/C17H31N3O/c1-14-3-2-10-19(11-14)17(21)13-20(16-4-5-16)12-15-6-8-18-9-7-15/h14-16,18H,2-13H2,1H3. The summed E-state index contributed by atoms with van der Waals surface area (Å²) < 4.78 is 0. The van der Waals surface area contributed by atoms with Gasteiger partial charge in [-0.3, -0.25) is 9.69 Å². The van der Waals surface area contributed by atoms with Gasteiger partial charge in [0.2, 0.25) is 5.91 Å². The Labute approximate surface area is 129 Å². The second-order valence-electron chi connectivity index (χ2n) is 7.44. The predicted molar refractivity (Wildman–Crippen MR) is 85.2 cm³/mol. The average Bonchev–Trinajstić information content (AvgIpc) is 3.32. The van der Waals surface area contributed by atoms with E-state index in [4.69, 9.17) is 0 Å². The van der Waals surface area contributed by atoms with Gasteiger partial charge in [-0.25, -0.2) is 0 Å². The van der Waals surface area contributed by atoms with E-state index in [1.165, 1.54) is 38.5 Å². The molecule has 21 heavy (non-hydrogen) atoms. The molecule has 1 N–H and O–H groups in total. The summed E-state index contributed by atoms with van der Waals surface area (Å²) >= 11 is 0. The Morgan fingerprint density at radius 1 is 1.19 bits per heavy atom. The van der Waals surface area contributed by atoms with Crippen LogP contribution in [0.1, 0.15) is 45.4 Å². The predicted octanol–water partition coefficient (Wildman–Crippen LogP) is 1.71. The SMILES string of the molecule is CC1CCCN(C(=O)CN(CC2CCNCC2)C2CC2)C1. The van der Waals surface area contributed by atoms with Crippen molar-refractivity contribution in [3.8, 4) is 0 Å². The maximum atomic E-state index is 12.6. The summed E-state index contributed by atoms with van der Waals surface area (Å²) in [5, 5.41) is 3.44. The first-order valence-electron chi connectivity index (χ1n) is 8.95. The first kappa shape index (κ1) is 15.3. The fourth-order valence-corrected chi connectivity index (χ4v) is 3.87. The highest BCUT2D eigenvalue weighted by molar-refractivity contribution is 5.78. The molecule has 3 fully saturated rings. The second-order valence-corrected chi connectivity index (χ2v) is 7.44. The van der Waals surface area contributed by atoms with Crippen LogP contribution >= 0.6 is 0 Å². The van der Waals surface area contributed by atoms with Gasteiger partial charge in [0.25, 0.3) is 0 Å². The molecule has 1 aliphatic carbocycles. The molecule has 2 saturated heterocycles. The second kappa shape index (κ2) is 7.10. The lowest BCUT2D eigenvalue weighted by molar-refractivity contribution is -0.134. The van der Waals surface area contributed by atoms with Gasteiger partial charge in [0.1, 0.15) is 0 Å². The van der Waals surface area contributed by atoms with Gasteiger partial charge in [0, 0.05) is 25.7 Å². The highest BCUT2D eigenvalue weighted by Gasteiger charge is 2.33. The molecule has 1 saturated carbocycles. The lowest BCUT2D eigenvalue weighted by atomic mass is 9.97. The fourth-order valence-electron chi connectivity index (χ4n) is 3.87. The Kier molecular flexibility index (Phi) is 5.17. The summed E-state index contributed by atoms with van der Waals surface area (Å²) in [4.78, 5) is 17.2. The van der Waals surface area contributed by atoms with E-state index in [2.05, 4.69) is 22.0 Å². The first-order chi connectivity index (χ1) is 10.2. The Hall–Kier alpha value is -0.610. The lowest BCUT2D eigenvalue weighted by Gasteiger charge is -2.34. The van der Waals surface area contributed by atoms with Crippen LogP contribution in [0.15, 0.2) is 0 Å². The molecular weight excluding hydrogens is 262 g/mol. The number of rotatable bonds is 5. The van der Waals surface area contributed by atoms with E-state index in [1.54, 1.807) is 0 Å². The zero-order chi connectivity index (χ0) is 14.7. The number of carbonyl (C=O) groups excluding carboxylic acids is 1. The number of likely N-dealkylation sites (tertiary alicyclic amines) is 1. The third kappa shape index (κ3) is 4.43. The molecule has 3 aliphatic rings. The van der Waals surface area contributed by atoms with E-state index in [0.717, 1.165) is 38.6 Å². The molecule has 0 bridgehead atoms. The molecule has 4 nitrogen and oxygen atoms in total. The third-order valence-corrected chi connectivity index (χ3v) is 5.36. The molecule has 4 heteroatoms. The molecule has 0 aromatic carbocycles. The molecular formula is C17H31N3O. The minimum atomic E-state index is 0.377. The normalized spacial score (nSPS) is 28.1. The molecule has 0 aromatic heterocycles. The molecule has 0 radical (unpaired) electrons. The van der Waals surface area contributed by atoms with Gasteiger partial charge in [-0.1, -0.05) is 6.92 Å². The number of amides is 1. The smallest absolute Gasteiger partial charge is 0.236 e. The summed E-state index contributed by atoms with van der Waals surface area (Å²) in [6, 6.07) is 0.700. The molecule has 1 unspecified atom stereocenters. The van der Waals surface area contributed by atoms with Crippen molar-refractivity contribution in [1.82, 2.24) is 15.1 Å². The van der Waals surface area contributed by atoms with Crippen LogP contribution in [0.5, 0.6) is 0 Å². The number of nitrogens with zero attached hydrogens (tertiary/aromatic N) is 2. The molecule has 3 rings (SSSR count). The Morgan fingerprint density at radius 3 is 2.62 bits per heavy atom. The van der Waals surface area contributed by atoms with Gasteiger partial charge < -0.3 is 10.2 Å². The van der Waals surface area contributed by atoms with Crippen molar-refractivity contribution in [2.24, 2.45) is 11.8 Å². The van der Waals surface area contributed by atoms with Crippen molar-refractivity contribution in [2.45, 2.75) is 51.5 Å². The number of piperidine rings is 2. The van der Waals surface area contributed by atoms with Gasteiger partial charge >= 0.3 is 0 Å². The van der Waals surface area contributed by atoms with E-state index in [1.807, 2.05) is 0 Å². The van der Waals surface area contributed by atoms with Crippen LogP contribution in [0.4, 0.5) is 0 Å². The molecule has 0 aromatic rings. The van der Waals surface area contributed by atoms with Crippen LogP contribution in [-0.4, -0.2) is 61.0 Å². The molecule has 2 heterocycles. The van der Waals surface area contributed by atoms with E-state index in [-0.39, 0.29) is 0 Å². The number of carbonyl (C=O) groups is 1. The molecule has 120 valence electrons. The van der Waals surface area contributed by atoms with Gasteiger partial charge in [0.15, 0.2) is 0 Å². The van der Waals surface area contributed by atoms with Gasteiger partial charge in [-0.15, -0.1) is 0 Å². The van der Waals surface area contributed by atoms with Gasteiger partial charge in [-0.05, 0) is 63.5 Å². The average molecular weight is 293 g/mol. The minimum Gasteiger partial charge on any atom is -0.341 e. The highest BCUT2D eigenvalue weighted by Crippen LogP contribution is 2.29. The quantitative estimate of drug-likeness (QED) is 0.838.